The second-order valence-electron chi connectivity index (χ2n) is 5.16. The maximum atomic E-state index is 12.3. The Morgan fingerprint density at radius 2 is 1.67 bits per heavy atom. The average Bonchev–Trinajstić information content (AvgIpc) is 2.59. The van der Waals surface area contributed by atoms with Crippen molar-refractivity contribution in [2.45, 2.75) is 0 Å². The van der Waals surface area contributed by atoms with Crippen molar-refractivity contribution in [1.82, 2.24) is 4.90 Å². The van der Waals surface area contributed by atoms with E-state index in [4.69, 9.17) is 25.8 Å². The number of benzene rings is 2. The molecule has 128 valence electrons. The summed E-state index contributed by atoms with van der Waals surface area (Å²) in [7, 11) is 4.91. The molecule has 0 saturated heterocycles. The summed E-state index contributed by atoms with van der Waals surface area (Å²) in [6.07, 6.45) is 0. The van der Waals surface area contributed by atoms with Gasteiger partial charge in [0.25, 0.3) is 5.91 Å². The number of halogens is 1. The lowest BCUT2D eigenvalue weighted by Gasteiger charge is -2.17. The van der Waals surface area contributed by atoms with Crippen molar-refractivity contribution in [3.63, 3.8) is 0 Å². The normalized spacial score (nSPS) is 10.2. The highest BCUT2D eigenvalue weighted by atomic mass is 35.5. The van der Waals surface area contributed by atoms with Crippen LogP contribution in [0.3, 0.4) is 0 Å². The van der Waals surface area contributed by atoms with E-state index in [1.165, 1.54) is 12.0 Å². The Hall–Kier alpha value is -2.40. The quantitative estimate of drug-likeness (QED) is 0.718. The molecule has 0 atom stereocenters. The van der Waals surface area contributed by atoms with Gasteiger partial charge in [-0.2, -0.15) is 0 Å². The molecule has 0 unspecified atom stereocenters. The van der Waals surface area contributed by atoms with Gasteiger partial charge in [-0.05, 0) is 24.3 Å². The molecule has 2 aromatic carbocycles. The molecule has 2 aromatic rings. The van der Waals surface area contributed by atoms with Gasteiger partial charge in [0.15, 0.2) is 11.5 Å². The smallest absolute Gasteiger partial charge is 0.257 e. The lowest BCUT2D eigenvalue weighted by molar-refractivity contribution is 0.0821. The topological polar surface area (TPSA) is 48.0 Å². The fourth-order valence-electron chi connectivity index (χ4n) is 2.09. The van der Waals surface area contributed by atoms with Crippen molar-refractivity contribution in [3.05, 3.63) is 53.1 Å². The molecule has 0 bridgehead atoms. The Kier molecular flexibility index (Phi) is 6.32. The van der Waals surface area contributed by atoms with Gasteiger partial charge in [0.05, 0.1) is 17.7 Å². The van der Waals surface area contributed by atoms with Crippen LogP contribution in [0.25, 0.3) is 0 Å². The van der Waals surface area contributed by atoms with E-state index in [-0.39, 0.29) is 19.1 Å². The predicted octanol–water partition coefficient (Wildman–Crippen LogP) is 3.51. The van der Waals surface area contributed by atoms with Gasteiger partial charge < -0.3 is 19.1 Å². The molecular weight excluding hydrogens is 330 g/mol. The summed E-state index contributed by atoms with van der Waals surface area (Å²) in [6.45, 7) is 0.538. The van der Waals surface area contributed by atoms with E-state index in [1.807, 2.05) is 12.1 Å². The number of methoxy groups -OCH3 is 1. The van der Waals surface area contributed by atoms with Crippen LogP contribution in [0.5, 0.6) is 17.2 Å². The minimum atomic E-state index is -0.157. The van der Waals surface area contributed by atoms with Crippen LogP contribution in [0.15, 0.2) is 42.5 Å². The molecule has 0 heterocycles. The summed E-state index contributed by atoms with van der Waals surface area (Å²) in [4.78, 5) is 13.8. The van der Waals surface area contributed by atoms with Crippen LogP contribution in [0.2, 0.25) is 5.02 Å². The molecule has 0 aliphatic heterocycles. The number of amides is 1. The zero-order chi connectivity index (χ0) is 17.5. The largest absolute Gasteiger partial charge is 0.493 e. The molecule has 0 saturated carbocycles. The van der Waals surface area contributed by atoms with E-state index in [0.717, 1.165) is 0 Å². The third-order valence-corrected chi connectivity index (χ3v) is 3.57. The molecule has 0 radical (unpaired) electrons. The first kappa shape index (κ1) is 17.9. The van der Waals surface area contributed by atoms with Crippen molar-refractivity contribution < 1.29 is 19.0 Å². The molecular formula is C18H20ClNO4. The Morgan fingerprint density at radius 3 is 2.33 bits per heavy atom. The first-order chi connectivity index (χ1) is 11.5. The molecule has 24 heavy (non-hydrogen) atoms. The van der Waals surface area contributed by atoms with Crippen LogP contribution in [0.4, 0.5) is 0 Å². The maximum absolute atomic E-state index is 12.3. The van der Waals surface area contributed by atoms with E-state index in [1.54, 1.807) is 44.4 Å². The standard InChI is InChI=1S/C18H20ClNO4/c1-20(2)18(21)13-7-6-10-16(22-3)17(13)24-12-11-23-15-9-5-4-8-14(15)19/h4-10H,11-12H2,1-3H3. The van der Waals surface area contributed by atoms with Gasteiger partial charge in [-0.15, -0.1) is 0 Å². The average molecular weight is 350 g/mol. The van der Waals surface area contributed by atoms with Gasteiger partial charge in [-0.3, -0.25) is 4.79 Å². The van der Waals surface area contributed by atoms with Gasteiger partial charge in [0.1, 0.15) is 19.0 Å². The molecule has 6 heteroatoms. The summed E-state index contributed by atoms with van der Waals surface area (Å²) in [5.41, 5.74) is 0.442. The van der Waals surface area contributed by atoms with Crippen LogP contribution in [0, 0.1) is 0 Å². The van der Waals surface area contributed by atoms with Crippen molar-refractivity contribution in [2.75, 3.05) is 34.4 Å². The number of ether oxygens (including phenoxy) is 3. The number of carbonyl (C=O) groups excluding carboxylic acids is 1. The van der Waals surface area contributed by atoms with E-state index in [2.05, 4.69) is 0 Å². The van der Waals surface area contributed by atoms with Crippen molar-refractivity contribution in [1.29, 1.82) is 0 Å². The van der Waals surface area contributed by atoms with Gasteiger partial charge in [0.2, 0.25) is 0 Å². The van der Waals surface area contributed by atoms with E-state index >= 15 is 0 Å². The number of carbonyl (C=O) groups is 1. The molecule has 2 rings (SSSR count). The van der Waals surface area contributed by atoms with E-state index in [0.29, 0.717) is 27.8 Å². The number of nitrogens with zero attached hydrogens (tertiary/aromatic N) is 1. The van der Waals surface area contributed by atoms with Crippen LogP contribution in [-0.2, 0) is 0 Å². The van der Waals surface area contributed by atoms with Crippen LogP contribution in [-0.4, -0.2) is 45.2 Å². The first-order valence-corrected chi connectivity index (χ1v) is 7.81. The van der Waals surface area contributed by atoms with Crippen LogP contribution >= 0.6 is 11.6 Å². The van der Waals surface area contributed by atoms with Crippen LogP contribution in [0.1, 0.15) is 10.4 Å². The highest BCUT2D eigenvalue weighted by Gasteiger charge is 2.18. The fraction of sp³-hybridized carbons (Fsp3) is 0.278. The molecule has 0 aliphatic carbocycles. The van der Waals surface area contributed by atoms with Gasteiger partial charge in [-0.1, -0.05) is 29.8 Å². The van der Waals surface area contributed by atoms with E-state index in [9.17, 15) is 4.79 Å². The first-order valence-electron chi connectivity index (χ1n) is 7.43. The molecule has 5 nitrogen and oxygen atoms in total. The Labute approximate surface area is 146 Å². The number of rotatable bonds is 7. The van der Waals surface area contributed by atoms with Crippen LogP contribution < -0.4 is 14.2 Å². The van der Waals surface area contributed by atoms with Crippen molar-refractivity contribution in [3.8, 4) is 17.2 Å². The van der Waals surface area contributed by atoms with Crippen molar-refractivity contribution >= 4 is 17.5 Å². The van der Waals surface area contributed by atoms with Crippen molar-refractivity contribution in [2.24, 2.45) is 0 Å². The monoisotopic (exact) mass is 349 g/mol. The van der Waals surface area contributed by atoms with Gasteiger partial charge in [-0.25, -0.2) is 0 Å². The summed E-state index contributed by atoms with van der Waals surface area (Å²) in [6, 6.07) is 12.4. The lowest BCUT2D eigenvalue weighted by Crippen LogP contribution is -2.23. The number of hydrogen-bond acceptors (Lipinski definition) is 4. The molecule has 1 amide bonds. The molecule has 0 aliphatic rings. The minimum Gasteiger partial charge on any atom is -0.493 e. The SMILES string of the molecule is COc1cccc(C(=O)N(C)C)c1OCCOc1ccccc1Cl. The summed E-state index contributed by atoms with van der Waals surface area (Å²) < 4.78 is 16.6. The lowest BCUT2D eigenvalue weighted by atomic mass is 10.1. The van der Waals surface area contributed by atoms with Gasteiger partial charge >= 0.3 is 0 Å². The third-order valence-electron chi connectivity index (χ3n) is 3.26. The zero-order valence-corrected chi connectivity index (χ0v) is 14.7. The summed E-state index contributed by atoms with van der Waals surface area (Å²) >= 11 is 6.03. The number of para-hydroxylation sites is 2. The molecule has 0 fully saturated rings. The Balaban J connectivity index is 2.06. The highest BCUT2D eigenvalue weighted by molar-refractivity contribution is 6.32. The molecule has 0 aromatic heterocycles. The zero-order valence-electron chi connectivity index (χ0n) is 13.9. The number of hydrogen-bond donors (Lipinski definition) is 0. The molecule has 0 N–H and O–H groups in total. The Morgan fingerprint density at radius 1 is 1.00 bits per heavy atom. The van der Waals surface area contributed by atoms with Gasteiger partial charge in [0, 0.05) is 14.1 Å². The second kappa shape index (κ2) is 8.45. The second-order valence-corrected chi connectivity index (χ2v) is 5.57. The Bertz CT molecular complexity index is 703. The minimum absolute atomic E-state index is 0.157. The summed E-state index contributed by atoms with van der Waals surface area (Å²) in [5.74, 6) is 1.34. The highest BCUT2D eigenvalue weighted by Crippen LogP contribution is 2.31. The third kappa shape index (κ3) is 4.32. The fourth-order valence-corrected chi connectivity index (χ4v) is 2.28. The molecule has 0 spiro atoms. The summed E-state index contributed by atoms with van der Waals surface area (Å²) in [5, 5.41) is 0.540. The maximum Gasteiger partial charge on any atom is 0.257 e. The predicted molar refractivity (Wildman–Crippen MR) is 93.5 cm³/mol. The van der Waals surface area contributed by atoms with E-state index < -0.39 is 0 Å².